The van der Waals surface area contributed by atoms with Crippen LogP contribution in [0.5, 0.6) is 11.5 Å². The van der Waals surface area contributed by atoms with Gasteiger partial charge in [0.1, 0.15) is 11.5 Å². The lowest BCUT2D eigenvalue weighted by Crippen LogP contribution is -2.53. The van der Waals surface area contributed by atoms with Crippen LogP contribution in [0.2, 0.25) is 10.0 Å². The van der Waals surface area contributed by atoms with Crippen molar-refractivity contribution in [2.24, 2.45) is 0 Å². The summed E-state index contributed by atoms with van der Waals surface area (Å²) >= 11 is 11.6. The van der Waals surface area contributed by atoms with Crippen molar-refractivity contribution < 1.29 is 19.1 Å². The number of hydrogen-bond acceptors (Lipinski definition) is 4. The molecule has 0 aliphatic heterocycles. The number of hydrogen-bond donors (Lipinski definition) is 2. The van der Waals surface area contributed by atoms with E-state index in [2.05, 4.69) is 10.6 Å². The van der Waals surface area contributed by atoms with E-state index in [1.807, 2.05) is 6.92 Å². The number of nitrogens with one attached hydrogen (secondary N) is 2. The van der Waals surface area contributed by atoms with Gasteiger partial charge in [0.2, 0.25) is 0 Å². The van der Waals surface area contributed by atoms with Crippen LogP contribution < -0.4 is 20.1 Å². The van der Waals surface area contributed by atoms with Gasteiger partial charge in [-0.15, -0.1) is 0 Å². The maximum absolute atomic E-state index is 12.1. The normalized spacial score (nSPS) is 17.6. The second kappa shape index (κ2) is 9.20. The van der Waals surface area contributed by atoms with Gasteiger partial charge in [-0.2, -0.15) is 0 Å². The maximum atomic E-state index is 12.1. The molecule has 152 valence electrons. The Morgan fingerprint density at radius 3 is 1.83 bits per heavy atom. The minimum atomic E-state index is -0.528. The summed E-state index contributed by atoms with van der Waals surface area (Å²) < 4.78 is 10.8. The molecule has 0 fully saturated rings. The molecule has 0 bridgehead atoms. The smallest absolute Gasteiger partial charge is 0.262 e. The Morgan fingerprint density at radius 1 is 0.897 bits per heavy atom. The summed E-state index contributed by atoms with van der Waals surface area (Å²) in [5.41, 5.74) is 0.205. The van der Waals surface area contributed by atoms with E-state index in [0.717, 1.165) is 5.70 Å². The molecule has 0 saturated heterocycles. The lowest BCUT2D eigenvalue weighted by molar-refractivity contribution is -0.124. The molecule has 2 aromatic carbocycles. The third-order valence-electron chi connectivity index (χ3n) is 4.14. The Bertz CT molecular complexity index is 913. The summed E-state index contributed by atoms with van der Waals surface area (Å²) in [5.74, 6) is 0.596. The zero-order valence-corrected chi connectivity index (χ0v) is 17.2. The van der Waals surface area contributed by atoms with Crippen molar-refractivity contribution >= 4 is 35.0 Å². The van der Waals surface area contributed by atoms with Crippen LogP contribution in [-0.2, 0) is 9.59 Å². The van der Waals surface area contributed by atoms with Crippen LogP contribution >= 0.6 is 23.2 Å². The van der Waals surface area contributed by atoms with Gasteiger partial charge in [0.25, 0.3) is 11.8 Å². The minimum Gasteiger partial charge on any atom is -0.484 e. The molecule has 29 heavy (non-hydrogen) atoms. The van der Waals surface area contributed by atoms with Crippen molar-refractivity contribution in [1.82, 2.24) is 10.6 Å². The number of carbonyl (C=O) groups is 2. The van der Waals surface area contributed by atoms with Crippen LogP contribution in [0, 0.1) is 0 Å². The highest BCUT2D eigenvalue weighted by Gasteiger charge is 2.34. The van der Waals surface area contributed by atoms with Gasteiger partial charge < -0.3 is 20.1 Å². The Morgan fingerprint density at radius 2 is 1.34 bits per heavy atom. The molecule has 8 heteroatoms. The fourth-order valence-electron chi connectivity index (χ4n) is 2.84. The van der Waals surface area contributed by atoms with E-state index in [1.165, 1.54) is 0 Å². The van der Waals surface area contributed by atoms with Crippen molar-refractivity contribution in [3.05, 3.63) is 70.3 Å². The first-order chi connectivity index (χ1) is 13.8. The lowest BCUT2D eigenvalue weighted by Gasteiger charge is -2.37. The van der Waals surface area contributed by atoms with Crippen LogP contribution in [0.4, 0.5) is 0 Å². The molecule has 2 N–H and O–H groups in total. The SMILES string of the molecule is CC1(NC(=O)COc2ccc(Cl)cc2)C=C(NC(=O)COc2ccc(Cl)cc2)C1. The van der Waals surface area contributed by atoms with E-state index >= 15 is 0 Å². The van der Waals surface area contributed by atoms with Crippen LogP contribution in [0.25, 0.3) is 0 Å². The van der Waals surface area contributed by atoms with Gasteiger partial charge >= 0.3 is 0 Å². The average Bonchev–Trinajstić information content (AvgIpc) is 2.66. The van der Waals surface area contributed by atoms with E-state index < -0.39 is 5.54 Å². The second-order valence-corrected chi connectivity index (χ2v) is 7.72. The zero-order chi connectivity index (χ0) is 20.9. The van der Waals surface area contributed by atoms with Crippen molar-refractivity contribution in [2.75, 3.05) is 13.2 Å². The molecule has 1 atom stereocenters. The van der Waals surface area contributed by atoms with Crippen LogP contribution in [0.15, 0.2) is 60.3 Å². The Kier molecular flexibility index (Phi) is 6.67. The van der Waals surface area contributed by atoms with E-state index in [-0.39, 0.29) is 25.0 Å². The molecule has 6 nitrogen and oxygen atoms in total. The highest BCUT2D eigenvalue weighted by molar-refractivity contribution is 6.30. The quantitative estimate of drug-likeness (QED) is 0.663. The maximum Gasteiger partial charge on any atom is 0.262 e. The highest BCUT2D eigenvalue weighted by atomic mass is 35.5. The summed E-state index contributed by atoms with van der Waals surface area (Å²) in [5, 5.41) is 6.84. The number of carbonyl (C=O) groups excluding carboxylic acids is 2. The Hall–Kier alpha value is -2.70. The summed E-state index contributed by atoms with van der Waals surface area (Å²) in [4.78, 5) is 24.1. The van der Waals surface area contributed by atoms with E-state index in [4.69, 9.17) is 32.7 Å². The first kappa shape index (κ1) is 21.0. The van der Waals surface area contributed by atoms with Gasteiger partial charge in [0.05, 0.1) is 5.54 Å². The minimum absolute atomic E-state index is 0.109. The average molecular weight is 435 g/mol. The molecule has 0 heterocycles. The van der Waals surface area contributed by atoms with Crippen molar-refractivity contribution in [2.45, 2.75) is 18.9 Å². The fourth-order valence-corrected chi connectivity index (χ4v) is 3.09. The van der Waals surface area contributed by atoms with Crippen molar-refractivity contribution in [3.8, 4) is 11.5 Å². The van der Waals surface area contributed by atoms with Gasteiger partial charge in [0.15, 0.2) is 13.2 Å². The van der Waals surface area contributed by atoms with Crippen LogP contribution in [0.1, 0.15) is 13.3 Å². The van der Waals surface area contributed by atoms with Gasteiger partial charge in [-0.25, -0.2) is 0 Å². The summed E-state index contributed by atoms with van der Waals surface area (Å²) in [6.07, 6.45) is 2.31. The van der Waals surface area contributed by atoms with Gasteiger partial charge in [-0.1, -0.05) is 23.2 Å². The Labute approximate surface area is 178 Å². The van der Waals surface area contributed by atoms with E-state index in [9.17, 15) is 9.59 Å². The second-order valence-electron chi connectivity index (χ2n) is 6.85. The van der Waals surface area contributed by atoms with Gasteiger partial charge in [-0.05, 0) is 61.5 Å². The molecular weight excluding hydrogens is 415 g/mol. The predicted octanol–water partition coefficient (Wildman–Crippen LogP) is 3.73. The topological polar surface area (TPSA) is 76.7 Å². The van der Waals surface area contributed by atoms with Crippen LogP contribution in [0.3, 0.4) is 0 Å². The van der Waals surface area contributed by atoms with Crippen molar-refractivity contribution in [1.29, 1.82) is 0 Å². The van der Waals surface area contributed by atoms with Crippen molar-refractivity contribution in [3.63, 3.8) is 0 Å². The number of rotatable bonds is 8. The number of ether oxygens (including phenoxy) is 2. The molecule has 1 unspecified atom stereocenters. The standard InChI is InChI=1S/C21H20Cl2N2O4/c1-21(25-20(27)13-29-18-8-4-15(23)5-9-18)10-16(11-21)24-19(26)12-28-17-6-2-14(22)3-7-17/h2-10H,11-13H2,1H3,(H,24,26)(H,25,27). The van der Waals surface area contributed by atoms with Gasteiger partial charge in [-0.3, -0.25) is 9.59 Å². The lowest BCUT2D eigenvalue weighted by atomic mass is 9.84. The molecule has 0 radical (unpaired) electrons. The van der Waals surface area contributed by atoms with Gasteiger partial charge in [0, 0.05) is 22.2 Å². The summed E-state index contributed by atoms with van der Waals surface area (Å²) in [6.45, 7) is 1.64. The number of amides is 2. The van der Waals surface area contributed by atoms with E-state index in [0.29, 0.717) is 28.0 Å². The van der Waals surface area contributed by atoms with E-state index in [1.54, 1.807) is 54.6 Å². The summed E-state index contributed by atoms with van der Waals surface area (Å²) in [6, 6.07) is 13.5. The molecule has 0 saturated carbocycles. The zero-order valence-electron chi connectivity index (χ0n) is 15.7. The fraction of sp³-hybridized carbons (Fsp3) is 0.238. The predicted molar refractivity (Wildman–Crippen MR) is 111 cm³/mol. The molecule has 1 aliphatic carbocycles. The third-order valence-corrected chi connectivity index (χ3v) is 4.65. The summed E-state index contributed by atoms with van der Waals surface area (Å²) in [7, 11) is 0. The first-order valence-corrected chi connectivity index (χ1v) is 9.66. The first-order valence-electron chi connectivity index (χ1n) is 8.91. The Balaban J connectivity index is 1.39. The number of benzene rings is 2. The molecule has 0 aromatic heterocycles. The molecular formula is C21H20Cl2N2O4. The third kappa shape index (κ3) is 6.41. The monoisotopic (exact) mass is 434 g/mol. The largest absolute Gasteiger partial charge is 0.484 e. The number of halogens is 2. The van der Waals surface area contributed by atoms with Crippen LogP contribution in [-0.4, -0.2) is 30.6 Å². The molecule has 3 rings (SSSR count). The molecule has 1 aliphatic rings. The molecule has 2 amide bonds. The highest BCUT2D eigenvalue weighted by Crippen LogP contribution is 2.28. The molecule has 0 spiro atoms. The molecule has 2 aromatic rings.